The minimum atomic E-state index is -0.0150. The Balaban J connectivity index is 1.95. The van der Waals surface area contributed by atoms with E-state index in [-0.39, 0.29) is 5.60 Å². The maximum absolute atomic E-state index is 5.86. The lowest BCUT2D eigenvalue weighted by molar-refractivity contribution is -0.0364. The molecule has 1 saturated heterocycles. The summed E-state index contributed by atoms with van der Waals surface area (Å²) in [5.41, 5.74) is 0.400. The quantitative estimate of drug-likeness (QED) is 0.834. The van der Waals surface area contributed by atoms with Crippen molar-refractivity contribution in [1.29, 1.82) is 0 Å². The van der Waals surface area contributed by atoms with Crippen LogP contribution in [0.2, 0.25) is 0 Å². The van der Waals surface area contributed by atoms with Gasteiger partial charge >= 0.3 is 0 Å². The highest BCUT2D eigenvalue weighted by Gasteiger charge is 2.37. The lowest BCUT2D eigenvalue weighted by Crippen LogP contribution is -2.52. The van der Waals surface area contributed by atoms with Gasteiger partial charge in [-0.25, -0.2) is 0 Å². The third kappa shape index (κ3) is 3.69. The van der Waals surface area contributed by atoms with E-state index in [1.165, 1.54) is 51.7 Å². The van der Waals surface area contributed by atoms with Crippen LogP contribution in [0.5, 0.6) is 0 Å². The van der Waals surface area contributed by atoms with E-state index in [4.69, 9.17) is 4.74 Å². The van der Waals surface area contributed by atoms with E-state index in [0.29, 0.717) is 5.54 Å². The highest BCUT2D eigenvalue weighted by Crippen LogP contribution is 2.32. The summed E-state index contributed by atoms with van der Waals surface area (Å²) in [5, 5.41) is 3.82. The zero-order chi connectivity index (χ0) is 13.1. The normalized spacial score (nSPS) is 25.5. The van der Waals surface area contributed by atoms with Gasteiger partial charge in [0.05, 0.1) is 5.60 Å². The molecule has 0 unspecified atom stereocenters. The molecule has 0 aromatic carbocycles. The molecule has 1 saturated carbocycles. The Morgan fingerprint density at radius 1 is 1.22 bits per heavy atom. The number of hydrogen-bond acceptors (Lipinski definition) is 3. The summed E-state index contributed by atoms with van der Waals surface area (Å²) in [4.78, 5) is 2.63. The molecule has 0 radical (unpaired) electrons. The molecule has 0 atom stereocenters. The average molecular weight is 254 g/mol. The monoisotopic (exact) mass is 254 g/mol. The summed E-state index contributed by atoms with van der Waals surface area (Å²) in [6.07, 6.45) is 6.78. The fraction of sp³-hybridized carbons (Fsp3) is 1.00. The van der Waals surface area contributed by atoms with Crippen LogP contribution >= 0.6 is 0 Å². The van der Waals surface area contributed by atoms with Crippen LogP contribution in [-0.2, 0) is 4.74 Å². The number of rotatable bonds is 4. The molecule has 0 aromatic heterocycles. The van der Waals surface area contributed by atoms with E-state index in [2.05, 4.69) is 31.0 Å². The average Bonchev–Trinajstić information content (AvgIpc) is 2.63. The molecule has 106 valence electrons. The van der Waals surface area contributed by atoms with Crippen molar-refractivity contribution in [3.63, 3.8) is 0 Å². The Morgan fingerprint density at radius 2 is 1.94 bits per heavy atom. The molecule has 1 aliphatic heterocycles. The van der Waals surface area contributed by atoms with Gasteiger partial charge in [-0.2, -0.15) is 0 Å². The van der Waals surface area contributed by atoms with Gasteiger partial charge in [0.1, 0.15) is 0 Å². The van der Waals surface area contributed by atoms with Crippen molar-refractivity contribution in [2.75, 3.05) is 32.8 Å². The van der Waals surface area contributed by atoms with Gasteiger partial charge in [0, 0.05) is 25.2 Å². The first-order chi connectivity index (χ1) is 8.55. The summed E-state index contributed by atoms with van der Waals surface area (Å²) in [6.45, 7) is 12.0. The number of nitrogens with zero attached hydrogens (tertiary/aromatic N) is 1. The minimum Gasteiger partial charge on any atom is -0.375 e. The third-order valence-electron chi connectivity index (χ3n) is 4.38. The van der Waals surface area contributed by atoms with Crippen LogP contribution < -0.4 is 5.32 Å². The van der Waals surface area contributed by atoms with Crippen molar-refractivity contribution in [3.05, 3.63) is 0 Å². The second-order valence-corrected chi connectivity index (χ2v) is 6.67. The molecule has 0 aromatic rings. The third-order valence-corrected chi connectivity index (χ3v) is 4.38. The van der Waals surface area contributed by atoms with Gasteiger partial charge in [-0.3, -0.25) is 4.90 Å². The van der Waals surface area contributed by atoms with Crippen LogP contribution in [0, 0.1) is 0 Å². The first kappa shape index (κ1) is 14.3. The molecule has 0 bridgehead atoms. The Labute approximate surface area is 112 Å². The molecule has 1 spiro atoms. The Bertz CT molecular complexity index is 259. The van der Waals surface area contributed by atoms with Gasteiger partial charge < -0.3 is 10.1 Å². The molecule has 1 aliphatic carbocycles. The van der Waals surface area contributed by atoms with E-state index >= 15 is 0 Å². The van der Waals surface area contributed by atoms with E-state index in [0.717, 1.165) is 13.2 Å². The lowest BCUT2D eigenvalue weighted by Gasteiger charge is -2.37. The largest absolute Gasteiger partial charge is 0.375 e. The lowest BCUT2D eigenvalue weighted by atomic mass is 9.96. The predicted octanol–water partition coefficient (Wildman–Crippen LogP) is 2.41. The molecular formula is C15H30N2O. The summed E-state index contributed by atoms with van der Waals surface area (Å²) in [5.74, 6) is 0. The van der Waals surface area contributed by atoms with Crippen molar-refractivity contribution in [2.24, 2.45) is 0 Å². The molecule has 1 heterocycles. The topological polar surface area (TPSA) is 24.5 Å². The zero-order valence-electron chi connectivity index (χ0n) is 12.4. The predicted molar refractivity (Wildman–Crippen MR) is 76.0 cm³/mol. The fourth-order valence-electron chi connectivity index (χ4n) is 3.72. The van der Waals surface area contributed by atoms with Crippen LogP contribution in [-0.4, -0.2) is 48.8 Å². The molecule has 1 N–H and O–H groups in total. The SMILES string of the molecule is CCOC(C)(C)CN1CCCNC2(CCCC2)C1. The summed E-state index contributed by atoms with van der Waals surface area (Å²) >= 11 is 0. The maximum Gasteiger partial charge on any atom is 0.0752 e. The van der Waals surface area contributed by atoms with Crippen LogP contribution in [0.25, 0.3) is 0 Å². The van der Waals surface area contributed by atoms with Gasteiger partial charge in [-0.05, 0) is 53.1 Å². The summed E-state index contributed by atoms with van der Waals surface area (Å²) in [6, 6.07) is 0. The number of nitrogens with one attached hydrogen (secondary N) is 1. The molecular weight excluding hydrogens is 224 g/mol. The molecule has 3 heteroatoms. The highest BCUT2D eigenvalue weighted by atomic mass is 16.5. The van der Waals surface area contributed by atoms with Crippen LogP contribution in [0.3, 0.4) is 0 Å². The molecule has 2 rings (SSSR count). The Kier molecular flexibility index (Phi) is 4.68. The highest BCUT2D eigenvalue weighted by molar-refractivity contribution is 4.97. The first-order valence-electron chi connectivity index (χ1n) is 7.67. The number of ether oxygens (including phenoxy) is 1. The Morgan fingerprint density at radius 3 is 2.61 bits per heavy atom. The fourth-order valence-corrected chi connectivity index (χ4v) is 3.72. The smallest absolute Gasteiger partial charge is 0.0752 e. The van der Waals surface area contributed by atoms with Gasteiger partial charge in [0.2, 0.25) is 0 Å². The van der Waals surface area contributed by atoms with Crippen molar-refractivity contribution >= 4 is 0 Å². The first-order valence-corrected chi connectivity index (χ1v) is 7.67. The second kappa shape index (κ2) is 5.89. The summed E-state index contributed by atoms with van der Waals surface area (Å²) < 4.78 is 5.86. The number of hydrogen-bond donors (Lipinski definition) is 1. The van der Waals surface area contributed by atoms with Crippen molar-refractivity contribution in [3.8, 4) is 0 Å². The summed E-state index contributed by atoms with van der Waals surface area (Å²) in [7, 11) is 0. The van der Waals surface area contributed by atoms with Gasteiger partial charge in [0.25, 0.3) is 0 Å². The minimum absolute atomic E-state index is 0.0150. The molecule has 3 nitrogen and oxygen atoms in total. The van der Waals surface area contributed by atoms with Crippen LogP contribution in [0.4, 0.5) is 0 Å². The molecule has 18 heavy (non-hydrogen) atoms. The maximum atomic E-state index is 5.86. The van der Waals surface area contributed by atoms with Gasteiger partial charge in [-0.1, -0.05) is 12.8 Å². The Hall–Kier alpha value is -0.120. The molecule has 0 amide bonds. The van der Waals surface area contributed by atoms with Gasteiger partial charge in [0.15, 0.2) is 0 Å². The second-order valence-electron chi connectivity index (χ2n) is 6.67. The van der Waals surface area contributed by atoms with Crippen molar-refractivity contribution in [2.45, 2.75) is 64.0 Å². The van der Waals surface area contributed by atoms with E-state index in [1.54, 1.807) is 0 Å². The van der Waals surface area contributed by atoms with Crippen molar-refractivity contribution in [1.82, 2.24) is 10.2 Å². The van der Waals surface area contributed by atoms with Crippen LogP contribution in [0.15, 0.2) is 0 Å². The van der Waals surface area contributed by atoms with Gasteiger partial charge in [-0.15, -0.1) is 0 Å². The zero-order valence-corrected chi connectivity index (χ0v) is 12.4. The van der Waals surface area contributed by atoms with Crippen molar-refractivity contribution < 1.29 is 4.74 Å². The van der Waals surface area contributed by atoms with E-state index in [9.17, 15) is 0 Å². The molecule has 2 aliphatic rings. The van der Waals surface area contributed by atoms with E-state index < -0.39 is 0 Å². The molecule has 2 fully saturated rings. The van der Waals surface area contributed by atoms with Crippen LogP contribution in [0.1, 0.15) is 52.9 Å². The van der Waals surface area contributed by atoms with E-state index in [1.807, 2.05) is 0 Å². The standard InChI is InChI=1S/C15H30N2O/c1-4-18-14(2,3)12-17-11-7-10-16-15(13-17)8-5-6-9-15/h16H,4-13H2,1-3H3.